The molecule has 2 atom stereocenters. The molecule has 3 nitrogen and oxygen atoms in total. The van der Waals surface area contributed by atoms with Crippen LogP contribution in [0.5, 0.6) is 0 Å². The number of hydrogen-bond acceptors (Lipinski definition) is 3. The highest BCUT2D eigenvalue weighted by molar-refractivity contribution is 5.02. The van der Waals surface area contributed by atoms with Crippen molar-refractivity contribution in [2.75, 3.05) is 0 Å². The van der Waals surface area contributed by atoms with Crippen molar-refractivity contribution in [3.05, 3.63) is 23.8 Å². The molecule has 0 aliphatic heterocycles. The molecule has 1 heterocycles. The molecule has 3 heteroatoms. The third-order valence-corrected chi connectivity index (χ3v) is 3.71. The van der Waals surface area contributed by atoms with Gasteiger partial charge in [0.1, 0.15) is 5.82 Å². The van der Waals surface area contributed by atoms with Gasteiger partial charge < -0.3 is 5.32 Å². The monoisotopic (exact) mass is 233 g/mol. The summed E-state index contributed by atoms with van der Waals surface area (Å²) in [6.45, 7) is 9.86. The Morgan fingerprint density at radius 2 is 2.18 bits per heavy atom. The summed E-state index contributed by atoms with van der Waals surface area (Å²) in [6, 6.07) is 2.62. The molecule has 17 heavy (non-hydrogen) atoms. The van der Waals surface area contributed by atoms with Gasteiger partial charge in [-0.05, 0) is 37.2 Å². The predicted molar refractivity (Wildman–Crippen MR) is 69.6 cm³/mol. The van der Waals surface area contributed by atoms with E-state index < -0.39 is 0 Å². The van der Waals surface area contributed by atoms with Gasteiger partial charge in [0, 0.05) is 18.8 Å². The van der Waals surface area contributed by atoms with E-state index in [1.807, 2.05) is 19.2 Å². The fraction of sp³-hybridized carbons (Fsp3) is 0.714. The molecule has 94 valence electrons. The zero-order chi connectivity index (χ0) is 12.5. The number of nitrogens with zero attached hydrogens (tertiary/aromatic N) is 2. The second-order valence-electron chi connectivity index (χ2n) is 6.13. The fourth-order valence-corrected chi connectivity index (χ4v) is 3.01. The lowest BCUT2D eigenvalue weighted by Crippen LogP contribution is -2.31. The first-order valence-electron chi connectivity index (χ1n) is 6.48. The summed E-state index contributed by atoms with van der Waals surface area (Å²) in [6.07, 6.45) is 4.41. The van der Waals surface area contributed by atoms with Crippen molar-refractivity contribution in [2.24, 2.45) is 11.3 Å². The molecule has 2 rings (SSSR count). The van der Waals surface area contributed by atoms with Crippen LogP contribution >= 0.6 is 0 Å². The smallest absolute Gasteiger partial charge is 0.125 e. The lowest BCUT2D eigenvalue weighted by molar-refractivity contribution is 0.361. The predicted octanol–water partition coefficient (Wildman–Crippen LogP) is 2.70. The van der Waals surface area contributed by atoms with Crippen molar-refractivity contribution in [2.45, 2.75) is 53.1 Å². The van der Waals surface area contributed by atoms with Gasteiger partial charge in [0.25, 0.3) is 0 Å². The van der Waals surface area contributed by atoms with E-state index in [0.717, 1.165) is 24.0 Å². The summed E-state index contributed by atoms with van der Waals surface area (Å²) < 4.78 is 0. The molecule has 1 aliphatic carbocycles. The molecule has 0 radical (unpaired) electrons. The topological polar surface area (TPSA) is 37.8 Å². The SMILES string of the molecule is Cc1nccc(CNC2CC(C)(C)CC2C)n1. The van der Waals surface area contributed by atoms with Gasteiger partial charge >= 0.3 is 0 Å². The highest BCUT2D eigenvalue weighted by atomic mass is 15.0. The van der Waals surface area contributed by atoms with E-state index in [-0.39, 0.29) is 0 Å². The Bertz CT molecular complexity index is 387. The molecule has 0 saturated heterocycles. The van der Waals surface area contributed by atoms with E-state index in [9.17, 15) is 0 Å². The third-order valence-electron chi connectivity index (χ3n) is 3.71. The van der Waals surface area contributed by atoms with E-state index in [0.29, 0.717) is 11.5 Å². The molecular formula is C14H23N3. The van der Waals surface area contributed by atoms with Crippen molar-refractivity contribution in [3.8, 4) is 0 Å². The normalized spacial score (nSPS) is 27.3. The minimum atomic E-state index is 0.485. The molecule has 0 amide bonds. The summed E-state index contributed by atoms with van der Waals surface area (Å²) in [4.78, 5) is 8.54. The second kappa shape index (κ2) is 4.73. The standard InChI is InChI=1S/C14H23N3/c1-10-7-14(3,4)8-13(10)16-9-12-5-6-15-11(2)17-12/h5-6,10,13,16H,7-9H2,1-4H3. The van der Waals surface area contributed by atoms with Crippen LogP contribution in [-0.2, 0) is 6.54 Å². The van der Waals surface area contributed by atoms with E-state index in [1.54, 1.807) is 0 Å². The van der Waals surface area contributed by atoms with Crippen LogP contribution in [0.25, 0.3) is 0 Å². The van der Waals surface area contributed by atoms with Gasteiger partial charge in [0.05, 0.1) is 5.69 Å². The Morgan fingerprint density at radius 3 is 2.76 bits per heavy atom. The quantitative estimate of drug-likeness (QED) is 0.872. The van der Waals surface area contributed by atoms with Gasteiger partial charge in [-0.25, -0.2) is 9.97 Å². The first kappa shape index (κ1) is 12.5. The van der Waals surface area contributed by atoms with E-state index in [4.69, 9.17) is 0 Å². The van der Waals surface area contributed by atoms with Crippen LogP contribution in [0.3, 0.4) is 0 Å². The van der Waals surface area contributed by atoms with Crippen LogP contribution in [-0.4, -0.2) is 16.0 Å². The molecule has 1 fully saturated rings. The summed E-state index contributed by atoms with van der Waals surface area (Å²) in [7, 11) is 0. The maximum Gasteiger partial charge on any atom is 0.125 e. The highest BCUT2D eigenvalue weighted by Gasteiger charge is 2.36. The Morgan fingerprint density at radius 1 is 1.41 bits per heavy atom. The van der Waals surface area contributed by atoms with Crippen LogP contribution in [0.1, 0.15) is 45.1 Å². The molecular weight excluding hydrogens is 210 g/mol. The molecule has 2 unspecified atom stereocenters. The van der Waals surface area contributed by atoms with E-state index in [1.165, 1.54) is 12.8 Å². The fourth-order valence-electron chi connectivity index (χ4n) is 3.01. The molecule has 1 aliphatic rings. The Balaban J connectivity index is 1.91. The number of nitrogens with one attached hydrogen (secondary N) is 1. The van der Waals surface area contributed by atoms with Gasteiger partial charge in [0.15, 0.2) is 0 Å². The molecule has 1 aromatic rings. The average molecular weight is 233 g/mol. The second-order valence-corrected chi connectivity index (χ2v) is 6.13. The van der Waals surface area contributed by atoms with E-state index in [2.05, 4.69) is 36.1 Å². The first-order chi connectivity index (χ1) is 7.96. The molecule has 0 spiro atoms. The van der Waals surface area contributed by atoms with Crippen molar-refractivity contribution in [1.82, 2.24) is 15.3 Å². The number of rotatable bonds is 3. The maximum absolute atomic E-state index is 4.42. The highest BCUT2D eigenvalue weighted by Crippen LogP contribution is 2.40. The summed E-state index contributed by atoms with van der Waals surface area (Å²) >= 11 is 0. The van der Waals surface area contributed by atoms with Crippen molar-refractivity contribution >= 4 is 0 Å². The first-order valence-corrected chi connectivity index (χ1v) is 6.48. The minimum absolute atomic E-state index is 0.485. The molecule has 1 saturated carbocycles. The lowest BCUT2D eigenvalue weighted by Gasteiger charge is -2.18. The zero-order valence-corrected chi connectivity index (χ0v) is 11.3. The number of aromatic nitrogens is 2. The van der Waals surface area contributed by atoms with Crippen molar-refractivity contribution < 1.29 is 0 Å². The van der Waals surface area contributed by atoms with E-state index >= 15 is 0 Å². The number of hydrogen-bond donors (Lipinski definition) is 1. The summed E-state index contributed by atoms with van der Waals surface area (Å²) in [5, 5.41) is 3.64. The Kier molecular flexibility index (Phi) is 3.48. The average Bonchev–Trinajstić information content (AvgIpc) is 2.49. The largest absolute Gasteiger partial charge is 0.308 e. The van der Waals surface area contributed by atoms with Crippen LogP contribution in [0.15, 0.2) is 12.3 Å². The maximum atomic E-state index is 4.42. The van der Waals surface area contributed by atoms with Gasteiger partial charge in [0.2, 0.25) is 0 Å². The van der Waals surface area contributed by atoms with Crippen molar-refractivity contribution in [3.63, 3.8) is 0 Å². The summed E-state index contributed by atoms with van der Waals surface area (Å²) in [5.74, 6) is 1.61. The molecule has 0 aromatic carbocycles. The Hall–Kier alpha value is -0.960. The van der Waals surface area contributed by atoms with Crippen LogP contribution in [0.4, 0.5) is 0 Å². The lowest BCUT2D eigenvalue weighted by atomic mass is 9.91. The number of aryl methyl sites for hydroxylation is 1. The van der Waals surface area contributed by atoms with Gasteiger partial charge in [-0.2, -0.15) is 0 Å². The third kappa shape index (κ3) is 3.25. The van der Waals surface area contributed by atoms with Crippen molar-refractivity contribution in [1.29, 1.82) is 0 Å². The van der Waals surface area contributed by atoms with Gasteiger partial charge in [-0.3, -0.25) is 0 Å². The molecule has 1 aromatic heterocycles. The zero-order valence-electron chi connectivity index (χ0n) is 11.3. The van der Waals surface area contributed by atoms with Gasteiger partial charge in [-0.15, -0.1) is 0 Å². The summed E-state index contributed by atoms with van der Waals surface area (Å²) in [5.41, 5.74) is 1.58. The van der Waals surface area contributed by atoms with Gasteiger partial charge in [-0.1, -0.05) is 20.8 Å². The van der Waals surface area contributed by atoms with Crippen LogP contribution < -0.4 is 5.32 Å². The van der Waals surface area contributed by atoms with Crippen LogP contribution in [0.2, 0.25) is 0 Å². The van der Waals surface area contributed by atoms with Crippen LogP contribution in [0, 0.1) is 18.3 Å². The minimum Gasteiger partial charge on any atom is -0.308 e. The Labute approximate surface area is 104 Å². The molecule has 0 bridgehead atoms. The molecule has 1 N–H and O–H groups in total.